The summed E-state index contributed by atoms with van der Waals surface area (Å²) in [5, 5.41) is 26.3. The quantitative estimate of drug-likeness (QED) is 0.627. The smallest absolute Gasteiger partial charge is 0.272 e. The number of hydrogen-bond donors (Lipinski definition) is 2. The molecule has 1 aromatic carbocycles. The third-order valence-corrected chi connectivity index (χ3v) is 2.78. The van der Waals surface area contributed by atoms with Crippen molar-refractivity contribution in [1.82, 2.24) is 15.1 Å². The average Bonchev–Trinajstić information content (AvgIpc) is 2.97. The Hall–Kier alpha value is -2.74. The third kappa shape index (κ3) is 3.42. The molecule has 1 heterocycles. The number of aliphatic hydroxyl groups excluding tert-OH is 1. The van der Waals surface area contributed by atoms with E-state index in [1.54, 1.807) is 19.1 Å². The molecule has 2 N–H and O–H groups in total. The van der Waals surface area contributed by atoms with Crippen molar-refractivity contribution in [1.29, 1.82) is 0 Å². The number of aromatic nitrogens is 2. The SMILES string of the molecule is CC(CO)NC(=O)c1ccn(-c2cccc([N+](=O)[O-])c2)n1. The summed E-state index contributed by atoms with van der Waals surface area (Å²) in [5.41, 5.74) is 0.600. The summed E-state index contributed by atoms with van der Waals surface area (Å²) in [7, 11) is 0. The van der Waals surface area contributed by atoms with Gasteiger partial charge in [-0.3, -0.25) is 14.9 Å². The lowest BCUT2D eigenvalue weighted by molar-refractivity contribution is -0.384. The van der Waals surface area contributed by atoms with Crippen LogP contribution in [0, 0.1) is 10.1 Å². The fourth-order valence-electron chi connectivity index (χ4n) is 1.68. The first kappa shape index (κ1) is 14.7. The lowest BCUT2D eigenvalue weighted by atomic mass is 10.3. The Morgan fingerprint density at radius 3 is 2.95 bits per heavy atom. The average molecular weight is 290 g/mol. The Morgan fingerprint density at radius 1 is 1.52 bits per heavy atom. The molecule has 8 nitrogen and oxygen atoms in total. The monoisotopic (exact) mass is 290 g/mol. The van der Waals surface area contributed by atoms with Crippen LogP contribution in [-0.2, 0) is 0 Å². The molecule has 0 aliphatic heterocycles. The van der Waals surface area contributed by atoms with E-state index in [-0.39, 0.29) is 24.0 Å². The highest BCUT2D eigenvalue weighted by Crippen LogP contribution is 2.16. The molecule has 2 aromatic rings. The molecule has 0 fully saturated rings. The first-order valence-electron chi connectivity index (χ1n) is 6.23. The second kappa shape index (κ2) is 6.14. The minimum absolute atomic E-state index is 0.0529. The standard InChI is InChI=1S/C13H14N4O4/c1-9(8-18)14-13(19)12-5-6-16(15-12)10-3-2-4-11(7-10)17(20)21/h2-7,9,18H,8H2,1H3,(H,14,19). The highest BCUT2D eigenvalue weighted by Gasteiger charge is 2.13. The van der Waals surface area contributed by atoms with Gasteiger partial charge in [0.2, 0.25) is 0 Å². The minimum atomic E-state index is -0.496. The molecule has 1 unspecified atom stereocenters. The lowest BCUT2D eigenvalue weighted by Gasteiger charge is -2.08. The van der Waals surface area contributed by atoms with Crippen molar-refractivity contribution >= 4 is 11.6 Å². The number of nitro groups is 1. The van der Waals surface area contributed by atoms with Gasteiger partial charge in [-0.15, -0.1) is 0 Å². The topological polar surface area (TPSA) is 110 Å². The number of benzene rings is 1. The molecule has 1 atom stereocenters. The summed E-state index contributed by atoms with van der Waals surface area (Å²) in [5.74, 6) is -0.416. The van der Waals surface area contributed by atoms with E-state index in [2.05, 4.69) is 10.4 Å². The molecule has 0 aliphatic carbocycles. The van der Waals surface area contributed by atoms with E-state index in [0.29, 0.717) is 5.69 Å². The van der Waals surface area contributed by atoms with E-state index in [1.807, 2.05) is 0 Å². The van der Waals surface area contributed by atoms with Crippen molar-refractivity contribution in [2.75, 3.05) is 6.61 Å². The molecule has 0 spiro atoms. The van der Waals surface area contributed by atoms with Crippen molar-refractivity contribution in [2.24, 2.45) is 0 Å². The number of nitrogens with one attached hydrogen (secondary N) is 1. The second-order valence-corrected chi connectivity index (χ2v) is 4.48. The zero-order valence-corrected chi connectivity index (χ0v) is 11.3. The van der Waals surface area contributed by atoms with Crippen LogP contribution >= 0.6 is 0 Å². The second-order valence-electron chi connectivity index (χ2n) is 4.48. The maximum atomic E-state index is 11.8. The number of rotatable bonds is 5. The number of hydrogen-bond acceptors (Lipinski definition) is 5. The molecule has 110 valence electrons. The predicted molar refractivity (Wildman–Crippen MR) is 74.2 cm³/mol. The van der Waals surface area contributed by atoms with Crippen molar-refractivity contribution in [3.8, 4) is 5.69 Å². The lowest BCUT2D eigenvalue weighted by Crippen LogP contribution is -2.35. The van der Waals surface area contributed by atoms with Gasteiger partial charge in [-0.1, -0.05) is 6.07 Å². The molecule has 0 bridgehead atoms. The largest absolute Gasteiger partial charge is 0.394 e. The van der Waals surface area contributed by atoms with Gasteiger partial charge in [-0.25, -0.2) is 4.68 Å². The van der Waals surface area contributed by atoms with Crippen LogP contribution in [-0.4, -0.2) is 38.4 Å². The molecular weight excluding hydrogens is 276 g/mol. The van der Waals surface area contributed by atoms with Gasteiger partial charge in [0, 0.05) is 24.4 Å². The number of nitro benzene ring substituents is 1. The number of carbonyl (C=O) groups excluding carboxylic acids is 1. The van der Waals surface area contributed by atoms with E-state index in [0.717, 1.165) is 0 Å². The Labute approximate surface area is 120 Å². The van der Waals surface area contributed by atoms with Gasteiger partial charge in [-0.2, -0.15) is 5.10 Å². The fourth-order valence-corrected chi connectivity index (χ4v) is 1.68. The number of amides is 1. The van der Waals surface area contributed by atoms with Crippen molar-refractivity contribution in [3.63, 3.8) is 0 Å². The number of non-ortho nitro benzene ring substituents is 1. The van der Waals surface area contributed by atoms with Crippen LogP contribution in [0.2, 0.25) is 0 Å². The zero-order chi connectivity index (χ0) is 15.4. The summed E-state index contributed by atoms with van der Waals surface area (Å²) >= 11 is 0. The number of nitrogens with zero attached hydrogens (tertiary/aromatic N) is 3. The van der Waals surface area contributed by atoms with Crippen molar-refractivity contribution < 1.29 is 14.8 Å². The third-order valence-electron chi connectivity index (χ3n) is 2.78. The number of carbonyl (C=O) groups is 1. The van der Waals surface area contributed by atoms with Gasteiger partial charge >= 0.3 is 0 Å². The molecule has 8 heteroatoms. The van der Waals surface area contributed by atoms with E-state index >= 15 is 0 Å². The molecule has 0 aliphatic rings. The molecular formula is C13H14N4O4. The maximum absolute atomic E-state index is 11.8. The highest BCUT2D eigenvalue weighted by molar-refractivity contribution is 5.92. The summed E-state index contributed by atoms with van der Waals surface area (Å²) in [6.45, 7) is 1.49. The summed E-state index contributed by atoms with van der Waals surface area (Å²) < 4.78 is 1.38. The van der Waals surface area contributed by atoms with E-state index < -0.39 is 10.8 Å². The normalized spacial score (nSPS) is 11.9. The Morgan fingerprint density at radius 2 is 2.29 bits per heavy atom. The molecule has 0 radical (unpaired) electrons. The van der Waals surface area contributed by atoms with Crippen LogP contribution in [0.1, 0.15) is 17.4 Å². The van der Waals surface area contributed by atoms with Gasteiger partial charge in [0.25, 0.3) is 11.6 Å². The van der Waals surface area contributed by atoms with Crippen LogP contribution in [0.5, 0.6) is 0 Å². The van der Waals surface area contributed by atoms with Crippen LogP contribution in [0.3, 0.4) is 0 Å². The molecule has 21 heavy (non-hydrogen) atoms. The van der Waals surface area contributed by atoms with Crippen LogP contribution in [0.15, 0.2) is 36.5 Å². The van der Waals surface area contributed by atoms with Crippen LogP contribution in [0.25, 0.3) is 5.69 Å². The molecule has 1 aromatic heterocycles. The van der Waals surface area contributed by atoms with Gasteiger partial charge in [-0.05, 0) is 19.1 Å². The zero-order valence-electron chi connectivity index (χ0n) is 11.3. The Balaban J connectivity index is 2.22. The highest BCUT2D eigenvalue weighted by atomic mass is 16.6. The molecule has 0 saturated carbocycles. The van der Waals surface area contributed by atoms with Gasteiger partial charge < -0.3 is 10.4 Å². The first-order chi connectivity index (χ1) is 10.0. The van der Waals surface area contributed by atoms with Gasteiger partial charge in [0.1, 0.15) is 0 Å². The maximum Gasteiger partial charge on any atom is 0.272 e. The van der Waals surface area contributed by atoms with Gasteiger partial charge in [0.15, 0.2) is 5.69 Å². The molecule has 2 rings (SSSR count). The summed E-state index contributed by atoms with van der Waals surface area (Å²) in [6, 6.07) is 7.06. The van der Waals surface area contributed by atoms with Crippen molar-refractivity contribution in [2.45, 2.75) is 13.0 Å². The first-order valence-corrected chi connectivity index (χ1v) is 6.23. The summed E-state index contributed by atoms with van der Waals surface area (Å²) in [4.78, 5) is 22.1. The Kier molecular flexibility index (Phi) is 4.29. The fraction of sp³-hybridized carbons (Fsp3) is 0.231. The van der Waals surface area contributed by atoms with Crippen molar-refractivity contribution in [3.05, 3.63) is 52.3 Å². The summed E-state index contributed by atoms with van der Waals surface area (Å²) in [6.07, 6.45) is 1.54. The number of aliphatic hydroxyl groups is 1. The molecule has 0 saturated heterocycles. The molecule has 1 amide bonds. The minimum Gasteiger partial charge on any atom is -0.394 e. The van der Waals surface area contributed by atoms with E-state index in [9.17, 15) is 14.9 Å². The van der Waals surface area contributed by atoms with E-state index in [4.69, 9.17) is 5.11 Å². The predicted octanol–water partition coefficient (Wildman–Crippen LogP) is 0.891. The van der Waals surface area contributed by atoms with Crippen LogP contribution in [0.4, 0.5) is 5.69 Å². The van der Waals surface area contributed by atoms with Crippen LogP contribution < -0.4 is 5.32 Å². The van der Waals surface area contributed by atoms with E-state index in [1.165, 1.54) is 29.1 Å². The van der Waals surface area contributed by atoms with Gasteiger partial charge in [0.05, 0.1) is 17.2 Å². The Bertz CT molecular complexity index is 668.